The topological polar surface area (TPSA) is 9.23 Å². The quantitative estimate of drug-likeness (QED) is 0.408. The minimum atomic E-state index is -4.68. The van der Waals surface area contributed by atoms with Crippen LogP contribution >= 0.6 is 0 Å². The molecule has 0 heterocycles. The molecule has 1 nitrogen and oxygen atoms in total. The summed E-state index contributed by atoms with van der Waals surface area (Å²) in [5.74, 6) is 1.38. The summed E-state index contributed by atoms with van der Waals surface area (Å²) in [5, 5.41) is 1.61. The number of benzene rings is 3. The highest BCUT2D eigenvalue weighted by molar-refractivity contribution is 5.88. The van der Waals surface area contributed by atoms with Crippen LogP contribution in [-0.2, 0) is 0 Å². The van der Waals surface area contributed by atoms with E-state index in [2.05, 4.69) is 35.9 Å². The SMILES string of the molecule is CCCC1CCC(c2ccc(-c3ccc4cc(OC(F)(F)F)ccc4c3)cc2)CC1. The molecule has 0 atom stereocenters. The molecule has 0 N–H and O–H groups in total. The fourth-order valence-electron chi connectivity index (χ4n) is 4.74. The Morgan fingerprint density at radius 2 is 1.43 bits per heavy atom. The first-order chi connectivity index (χ1) is 14.4. The van der Waals surface area contributed by atoms with Crippen molar-refractivity contribution in [1.29, 1.82) is 0 Å². The van der Waals surface area contributed by atoms with Gasteiger partial charge in [0.1, 0.15) is 5.75 Å². The van der Waals surface area contributed by atoms with Gasteiger partial charge in [-0.1, -0.05) is 62.2 Å². The molecule has 0 bridgehead atoms. The monoisotopic (exact) mass is 412 g/mol. The van der Waals surface area contributed by atoms with E-state index in [1.807, 2.05) is 18.2 Å². The van der Waals surface area contributed by atoms with Gasteiger partial charge in [0.15, 0.2) is 0 Å². The highest BCUT2D eigenvalue weighted by atomic mass is 19.4. The maximum Gasteiger partial charge on any atom is 0.573 e. The second-order valence-corrected chi connectivity index (χ2v) is 8.40. The summed E-state index contributed by atoms with van der Waals surface area (Å²) < 4.78 is 41.3. The van der Waals surface area contributed by atoms with E-state index >= 15 is 0 Å². The molecule has 4 heteroatoms. The van der Waals surface area contributed by atoms with Crippen molar-refractivity contribution in [3.05, 3.63) is 66.2 Å². The standard InChI is InChI=1S/C26H27F3O/c1-2-3-18-4-6-19(7-5-18)20-8-10-21(11-9-20)22-12-13-24-17-25(30-26(27,28)29)15-14-23(24)16-22/h8-19H,2-7H2,1H3. The Kier molecular flexibility index (Phi) is 6.03. The molecule has 1 aliphatic rings. The van der Waals surface area contributed by atoms with Crippen LogP contribution in [0.3, 0.4) is 0 Å². The van der Waals surface area contributed by atoms with Gasteiger partial charge in [0, 0.05) is 0 Å². The molecule has 4 rings (SSSR count). The molecule has 0 aromatic heterocycles. The van der Waals surface area contributed by atoms with Crippen LogP contribution in [0.5, 0.6) is 5.75 Å². The van der Waals surface area contributed by atoms with Gasteiger partial charge in [0.25, 0.3) is 0 Å². The van der Waals surface area contributed by atoms with Crippen molar-refractivity contribution in [3.63, 3.8) is 0 Å². The van der Waals surface area contributed by atoms with E-state index in [9.17, 15) is 13.2 Å². The van der Waals surface area contributed by atoms with Crippen LogP contribution in [-0.4, -0.2) is 6.36 Å². The van der Waals surface area contributed by atoms with Crippen LogP contribution in [0.4, 0.5) is 13.2 Å². The highest BCUT2D eigenvalue weighted by Gasteiger charge is 2.31. The zero-order chi connectivity index (χ0) is 21.1. The maximum absolute atomic E-state index is 12.4. The number of hydrogen-bond donors (Lipinski definition) is 0. The molecular formula is C26H27F3O. The Morgan fingerprint density at radius 1 is 0.800 bits per heavy atom. The molecule has 30 heavy (non-hydrogen) atoms. The molecule has 1 saturated carbocycles. The van der Waals surface area contributed by atoms with E-state index in [1.165, 1.54) is 56.2 Å². The lowest BCUT2D eigenvalue weighted by Gasteiger charge is -2.28. The molecule has 0 spiro atoms. The maximum atomic E-state index is 12.4. The molecule has 0 amide bonds. The van der Waals surface area contributed by atoms with Crippen molar-refractivity contribution in [2.75, 3.05) is 0 Å². The zero-order valence-corrected chi connectivity index (χ0v) is 17.2. The molecule has 0 unspecified atom stereocenters. The third kappa shape index (κ3) is 4.97. The highest BCUT2D eigenvalue weighted by Crippen LogP contribution is 2.38. The second-order valence-electron chi connectivity index (χ2n) is 8.40. The number of hydrogen-bond acceptors (Lipinski definition) is 1. The predicted molar refractivity (Wildman–Crippen MR) is 116 cm³/mol. The molecule has 158 valence electrons. The molecule has 0 saturated heterocycles. The van der Waals surface area contributed by atoms with Crippen molar-refractivity contribution < 1.29 is 17.9 Å². The van der Waals surface area contributed by atoms with Gasteiger partial charge in [-0.2, -0.15) is 0 Å². The van der Waals surface area contributed by atoms with Crippen LogP contribution in [0.25, 0.3) is 21.9 Å². The molecule has 1 aliphatic carbocycles. The van der Waals surface area contributed by atoms with Crippen molar-refractivity contribution in [2.24, 2.45) is 5.92 Å². The van der Waals surface area contributed by atoms with Crippen molar-refractivity contribution >= 4 is 10.8 Å². The summed E-state index contributed by atoms with van der Waals surface area (Å²) in [6.07, 6.45) is 3.20. The lowest BCUT2D eigenvalue weighted by atomic mass is 9.77. The summed E-state index contributed by atoms with van der Waals surface area (Å²) in [4.78, 5) is 0. The molecule has 0 aliphatic heterocycles. The third-order valence-corrected chi connectivity index (χ3v) is 6.30. The fraction of sp³-hybridized carbons (Fsp3) is 0.385. The van der Waals surface area contributed by atoms with Gasteiger partial charge in [0.05, 0.1) is 0 Å². The molecule has 1 fully saturated rings. The number of halogens is 3. The Balaban J connectivity index is 1.48. The number of rotatable bonds is 5. The summed E-state index contributed by atoms with van der Waals surface area (Å²) in [7, 11) is 0. The molecule has 3 aromatic rings. The van der Waals surface area contributed by atoms with E-state index in [0.29, 0.717) is 5.92 Å². The molecular weight excluding hydrogens is 385 g/mol. The van der Waals surface area contributed by atoms with Crippen LogP contribution < -0.4 is 4.74 Å². The Hall–Kier alpha value is -2.49. The average molecular weight is 412 g/mol. The fourth-order valence-corrected chi connectivity index (χ4v) is 4.74. The van der Waals surface area contributed by atoms with Gasteiger partial charge in [-0.25, -0.2) is 0 Å². The average Bonchev–Trinajstić information content (AvgIpc) is 2.73. The summed E-state index contributed by atoms with van der Waals surface area (Å²) >= 11 is 0. The predicted octanol–water partition coefficient (Wildman–Crippen LogP) is 8.48. The van der Waals surface area contributed by atoms with Crippen molar-refractivity contribution in [3.8, 4) is 16.9 Å². The van der Waals surface area contributed by atoms with Gasteiger partial charge in [-0.05, 0) is 83.2 Å². The minimum absolute atomic E-state index is 0.194. The van der Waals surface area contributed by atoms with E-state index in [0.717, 1.165) is 27.8 Å². The van der Waals surface area contributed by atoms with Crippen LogP contribution in [0.2, 0.25) is 0 Å². The van der Waals surface area contributed by atoms with Gasteiger partial charge in [0.2, 0.25) is 0 Å². The first-order valence-electron chi connectivity index (χ1n) is 10.8. The Labute approximate surface area is 175 Å². The molecule has 0 radical (unpaired) electrons. The van der Waals surface area contributed by atoms with E-state index in [4.69, 9.17) is 0 Å². The van der Waals surface area contributed by atoms with E-state index in [1.54, 1.807) is 6.07 Å². The van der Waals surface area contributed by atoms with Crippen LogP contribution in [0, 0.1) is 5.92 Å². The Bertz CT molecular complexity index is 983. The number of alkyl halides is 3. The lowest BCUT2D eigenvalue weighted by Crippen LogP contribution is -2.16. The van der Waals surface area contributed by atoms with Gasteiger partial charge in [-0.3, -0.25) is 0 Å². The van der Waals surface area contributed by atoms with Gasteiger partial charge < -0.3 is 4.74 Å². The van der Waals surface area contributed by atoms with E-state index < -0.39 is 6.36 Å². The van der Waals surface area contributed by atoms with Crippen molar-refractivity contribution in [1.82, 2.24) is 0 Å². The van der Waals surface area contributed by atoms with E-state index in [-0.39, 0.29) is 5.75 Å². The summed E-state index contributed by atoms with van der Waals surface area (Å²) in [6.45, 7) is 2.27. The normalized spacial score (nSPS) is 19.7. The van der Waals surface area contributed by atoms with Crippen LogP contribution in [0.15, 0.2) is 60.7 Å². The smallest absolute Gasteiger partial charge is 0.406 e. The zero-order valence-electron chi connectivity index (χ0n) is 17.2. The summed E-state index contributed by atoms with van der Waals surface area (Å²) in [5.41, 5.74) is 3.60. The van der Waals surface area contributed by atoms with Crippen molar-refractivity contribution in [2.45, 2.75) is 57.7 Å². The first-order valence-corrected chi connectivity index (χ1v) is 10.8. The number of ether oxygens (including phenoxy) is 1. The van der Waals surface area contributed by atoms with Gasteiger partial charge >= 0.3 is 6.36 Å². The summed E-state index contributed by atoms with van der Waals surface area (Å²) in [6, 6.07) is 19.1. The minimum Gasteiger partial charge on any atom is -0.406 e. The second kappa shape index (κ2) is 8.71. The van der Waals surface area contributed by atoms with Gasteiger partial charge in [-0.15, -0.1) is 13.2 Å². The van der Waals surface area contributed by atoms with Crippen LogP contribution in [0.1, 0.15) is 56.9 Å². The molecule has 3 aromatic carbocycles. The number of fused-ring (bicyclic) bond motifs is 1. The first kappa shape index (κ1) is 20.8. The third-order valence-electron chi connectivity index (χ3n) is 6.30. The lowest BCUT2D eigenvalue weighted by molar-refractivity contribution is -0.274. The Morgan fingerprint density at radius 3 is 2.10 bits per heavy atom. The largest absolute Gasteiger partial charge is 0.573 e.